The van der Waals surface area contributed by atoms with Gasteiger partial charge in [0.2, 0.25) is 5.95 Å². The second-order valence-electron chi connectivity index (χ2n) is 5.86. The lowest BCUT2D eigenvalue weighted by atomic mass is 10.0. The summed E-state index contributed by atoms with van der Waals surface area (Å²) in [6, 6.07) is 6.20. The largest absolute Gasteiger partial charge is 0.346 e. The Labute approximate surface area is 126 Å². The van der Waals surface area contributed by atoms with Crippen LogP contribution in [0.1, 0.15) is 61.5 Å². The van der Waals surface area contributed by atoms with E-state index in [0.29, 0.717) is 11.9 Å². The number of anilines is 1. The molecule has 21 heavy (non-hydrogen) atoms. The summed E-state index contributed by atoms with van der Waals surface area (Å²) in [4.78, 5) is 13.5. The molecule has 3 rings (SSSR count). The molecule has 0 radical (unpaired) electrons. The van der Waals surface area contributed by atoms with Gasteiger partial charge in [0.1, 0.15) is 0 Å². The molecule has 1 saturated carbocycles. The Morgan fingerprint density at radius 1 is 1.14 bits per heavy atom. The van der Waals surface area contributed by atoms with Gasteiger partial charge in [-0.05, 0) is 44.4 Å². The minimum absolute atomic E-state index is 0.102. The lowest BCUT2D eigenvalue weighted by Crippen LogP contribution is -2.13. The van der Waals surface area contributed by atoms with Crippen molar-refractivity contribution >= 4 is 5.95 Å². The van der Waals surface area contributed by atoms with Crippen molar-refractivity contribution < 1.29 is 0 Å². The maximum absolute atomic E-state index is 4.70. The van der Waals surface area contributed by atoms with Crippen LogP contribution in [0.3, 0.4) is 0 Å². The van der Waals surface area contributed by atoms with E-state index in [2.05, 4.69) is 41.3 Å². The first-order valence-electron chi connectivity index (χ1n) is 7.75. The number of pyridine rings is 1. The van der Waals surface area contributed by atoms with Crippen LogP contribution in [0.4, 0.5) is 5.95 Å². The highest BCUT2D eigenvalue weighted by molar-refractivity contribution is 5.32. The Bertz CT molecular complexity index is 605. The maximum Gasteiger partial charge on any atom is 0.223 e. The van der Waals surface area contributed by atoms with Crippen LogP contribution in [0.2, 0.25) is 0 Å². The Hall–Kier alpha value is -1.97. The normalized spacial score (nSPS) is 16.9. The van der Waals surface area contributed by atoms with Crippen LogP contribution in [-0.4, -0.2) is 15.0 Å². The van der Waals surface area contributed by atoms with E-state index in [1.165, 1.54) is 36.9 Å². The lowest BCUT2D eigenvalue weighted by molar-refractivity contribution is 0.692. The molecule has 1 aliphatic rings. The third kappa shape index (κ3) is 3.20. The Morgan fingerprint density at radius 3 is 2.71 bits per heavy atom. The van der Waals surface area contributed by atoms with E-state index in [4.69, 9.17) is 4.98 Å². The molecular formula is C17H22N4. The van der Waals surface area contributed by atoms with Gasteiger partial charge in [0.25, 0.3) is 0 Å². The zero-order chi connectivity index (χ0) is 14.7. The number of aryl methyl sites for hydroxylation is 1. The van der Waals surface area contributed by atoms with E-state index in [0.717, 1.165) is 5.69 Å². The van der Waals surface area contributed by atoms with Crippen LogP contribution in [-0.2, 0) is 0 Å². The van der Waals surface area contributed by atoms with Crippen molar-refractivity contribution in [3.63, 3.8) is 0 Å². The highest BCUT2D eigenvalue weighted by atomic mass is 15.1. The molecule has 0 aromatic carbocycles. The first kappa shape index (κ1) is 14.0. The minimum Gasteiger partial charge on any atom is -0.346 e. The first-order valence-corrected chi connectivity index (χ1v) is 7.75. The number of rotatable bonds is 4. The fourth-order valence-electron chi connectivity index (χ4n) is 3.10. The van der Waals surface area contributed by atoms with E-state index in [1.807, 2.05) is 18.5 Å². The van der Waals surface area contributed by atoms with Gasteiger partial charge >= 0.3 is 0 Å². The quantitative estimate of drug-likeness (QED) is 0.920. The molecular weight excluding hydrogens is 260 g/mol. The van der Waals surface area contributed by atoms with Crippen LogP contribution < -0.4 is 5.32 Å². The molecule has 0 saturated heterocycles. The number of aromatic nitrogens is 3. The summed E-state index contributed by atoms with van der Waals surface area (Å²) in [5, 5.41) is 3.38. The third-order valence-electron chi connectivity index (χ3n) is 4.26. The van der Waals surface area contributed by atoms with Gasteiger partial charge in [0, 0.05) is 24.0 Å². The fourth-order valence-corrected chi connectivity index (χ4v) is 3.10. The number of hydrogen-bond donors (Lipinski definition) is 1. The molecule has 4 nitrogen and oxygen atoms in total. The summed E-state index contributed by atoms with van der Waals surface area (Å²) in [6.45, 7) is 4.18. The van der Waals surface area contributed by atoms with Crippen molar-refractivity contribution in [1.82, 2.24) is 15.0 Å². The number of nitrogens with zero attached hydrogens (tertiary/aromatic N) is 3. The van der Waals surface area contributed by atoms with E-state index in [1.54, 1.807) is 0 Å². The molecule has 0 bridgehead atoms. The van der Waals surface area contributed by atoms with E-state index in [9.17, 15) is 0 Å². The van der Waals surface area contributed by atoms with Gasteiger partial charge in [-0.15, -0.1) is 0 Å². The first-order chi connectivity index (χ1) is 10.2. The van der Waals surface area contributed by atoms with Gasteiger partial charge in [-0.1, -0.05) is 18.9 Å². The van der Waals surface area contributed by atoms with Crippen molar-refractivity contribution in [3.05, 3.63) is 47.5 Å². The molecule has 0 amide bonds. The maximum atomic E-state index is 4.70. The van der Waals surface area contributed by atoms with Crippen LogP contribution in [0.5, 0.6) is 0 Å². The van der Waals surface area contributed by atoms with Gasteiger partial charge in [-0.3, -0.25) is 4.98 Å². The van der Waals surface area contributed by atoms with Gasteiger partial charge in [-0.25, -0.2) is 9.97 Å². The average Bonchev–Trinajstić information content (AvgIpc) is 3.02. The molecule has 0 aliphatic heterocycles. The molecule has 2 heterocycles. The molecule has 0 spiro atoms. The van der Waals surface area contributed by atoms with Crippen molar-refractivity contribution in [1.29, 1.82) is 0 Å². The average molecular weight is 282 g/mol. The summed E-state index contributed by atoms with van der Waals surface area (Å²) in [7, 11) is 0. The van der Waals surface area contributed by atoms with Crippen molar-refractivity contribution in [2.75, 3.05) is 5.32 Å². The Kier molecular flexibility index (Phi) is 4.13. The summed E-state index contributed by atoms with van der Waals surface area (Å²) >= 11 is 0. The number of hydrogen-bond acceptors (Lipinski definition) is 4. The third-order valence-corrected chi connectivity index (χ3v) is 4.26. The minimum atomic E-state index is 0.102. The molecule has 110 valence electrons. The van der Waals surface area contributed by atoms with Gasteiger partial charge in [0.05, 0.1) is 11.7 Å². The zero-order valence-corrected chi connectivity index (χ0v) is 12.7. The monoisotopic (exact) mass is 282 g/mol. The van der Waals surface area contributed by atoms with Gasteiger partial charge in [-0.2, -0.15) is 0 Å². The summed E-state index contributed by atoms with van der Waals surface area (Å²) in [5.41, 5.74) is 3.41. The number of nitrogens with one attached hydrogen (secondary N) is 1. The van der Waals surface area contributed by atoms with Crippen molar-refractivity contribution in [2.45, 2.75) is 51.5 Å². The van der Waals surface area contributed by atoms with E-state index in [-0.39, 0.29) is 6.04 Å². The van der Waals surface area contributed by atoms with Crippen LogP contribution in [0, 0.1) is 6.92 Å². The highest BCUT2D eigenvalue weighted by Gasteiger charge is 2.19. The molecule has 1 N–H and O–H groups in total. The lowest BCUT2D eigenvalue weighted by Gasteiger charge is -2.16. The van der Waals surface area contributed by atoms with Crippen molar-refractivity contribution in [2.24, 2.45) is 0 Å². The summed E-state index contributed by atoms with van der Waals surface area (Å²) < 4.78 is 0. The second-order valence-corrected chi connectivity index (χ2v) is 5.86. The van der Waals surface area contributed by atoms with Gasteiger partial charge in [0.15, 0.2) is 0 Å². The molecule has 1 aliphatic carbocycles. The standard InChI is InChI=1S/C17H22N4/c1-12-6-5-10-18-16(12)13(2)20-17-19-11-9-15(21-17)14-7-3-4-8-14/h5-6,9-11,13-14H,3-4,7-8H2,1-2H3,(H,19,20,21). The fraction of sp³-hybridized carbons (Fsp3) is 0.471. The smallest absolute Gasteiger partial charge is 0.223 e. The summed E-state index contributed by atoms with van der Waals surface area (Å²) in [6.07, 6.45) is 8.84. The SMILES string of the molecule is Cc1cccnc1C(C)Nc1nccc(C2CCCC2)n1. The van der Waals surface area contributed by atoms with Crippen molar-refractivity contribution in [3.8, 4) is 0 Å². The molecule has 1 fully saturated rings. The Balaban J connectivity index is 1.75. The highest BCUT2D eigenvalue weighted by Crippen LogP contribution is 2.33. The molecule has 2 aromatic rings. The van der Waals surface area contributed by atoms with Crippen LogP contribution in [0.15, 0.2) is 30.6 Å². The second kappa shape index (κ2) is 6.20. The predicted octanol–water partition coefficient (Wildman–Crippen LogP) is 4.01. The van der Waals surface area contributed by atoms with E-state index < -0.39 is 0 Å². The topological polar surface area (TPSA) is 50.7 Å². The van der Waals surface area contributed by atoms with Crippen LogP contribution >= 0.6 is 0 Å². The zero-order valence-electron chi connectivity index (χ0n) is 12.7. The van der Waals surface area contributed by atoms with E-state index >= 15 is 0 Å². The van der Waals surface area contributed by atoms with Crippen LogP contribution in [0.25, 0.3) is 0 Å². The molecule has 2 aromatic heterocycles. The molecule has 4 heteroatoms. The molecule has 1 atom stereocenters. The van der Waals surface area contributed by atoms with Gasteiger partial charge < -0.3 is 5.32 Å². The molecule has 1 unspecified atom stereocenters. The summed E-state index contributed by atoms with van der Waals surface area (Å²) in [5.74, 6) is 1.32. The predicted molar refractivity (Wildman–Crippen MR) is 84.3 cm³/mol. The Morgan fingerprint density at radius 2 is 1.95 bits per heavy atom.